The Bertz CT molecular complexity index is 590. The van der Waals surface area contributed by atoms with Crippen LogP contribution in [0, 0.1) is 11.3 Å². The molecular weight excluding hydrogens is 300 g/mol. The van der Waals surface area contributed by atoms with Crippen LogP contribution in [0.2, 0.25) is 0 Å². The SMILES string of the molecule is N#CCCN(Cc1cccnc1)S(=O)(=O)N1CCCCCC1. The van der Waals surface area contributed by atoms with E-state index >= 15 is 0 Å². The van der Waals surface area contributed by atoms with Gasteiger partial charge in [-0.3, -0.25) is 4.98 Å². The molecule has 0 amide bonds. The molecule has 7 heteroatoms. The average molecular weight is 322 g/mol. The van der Waals surface area contributed by atoms with Gasteiger partial charge in [-0.15, -0.1) is 0 Å². The van der Waals surface area contributed by atoms with Crippen LogP contribution >= 0.6 is 0 Å². The van der Waals surface area contributed by atoms with Crippen molar-refractivity contribution >= 4 is 10.2 Å². The number of nitrogens with zero attached hydrogens (tertiary/aromatic N) is 4. The van der Waals surface area contributed by atoms with Gasteiger partial charge in [0.1, 0.15) is 0 Å². The quantitative estimate of drug-likeness (QED) is 0.801. The maximum atomic E-state index is 12.9. The van der Waals surface area contributed by atoms with E-state index in [2.05, 4.69) is 4.98 Å². The highest BCUT2D eigenvalue weighted by molar-refractivity contribution is 7.86. The first kappa shape index (κ1) is 16.9. The first-order valence-electron chi connectivity index (χ1n) is 7.65. The Morgan fingerprint density at radius 1 is 1.27 bits per heavy atom. The molecule has 1 aliphatic heterocycles. The molecule has 0 aromatic carbocycles. The van der Waals surface area contributed by atoms with Crippen molar-refractivity contribution < 1.29 is 8.42 Å². The Morgan fingerprint density at radius 2 is 2.00 bits per heavy atom. The summed E-state index contributed by atoms with van der Waals surface area (Å²) in [7, 11) is -3.53. The minimum absolute atomic E-state index is 0.188. The van der Waals surface area contributed by atoms with Gasteiger partial charge in [-0.1, -0.05) is 18.9 Å². The van der Waals surface area contributed by atoms with Crippen LogP contribution < -0.4 is 0 Å². The third-order valence-electron chi connectivity index (χ3n) is 3.77. The third-order valence-corrected chi connectivity index (χ3v) is 5.75. The molecule has 2 rings (SSSR count). The van der Waals surface area contributed by atoms with Crippen LogP contribution in [0.1, 0.15) is 37.7 Å². The molecular formula is C15H22N4O2S. The summed E-state index contributed by atoms with van der Waals surface area (Å²) in [5.41, 5.74) is 0.832. The Hall–Kier alpha value is -1.49. The number of rotatable bonds is 6. The lowest BCUT2D eigenvalue weighted by atomic mass is 10.2. The van der Waals surface area contributed by atoms with E-state index in [1.807, 2.05) is 12.1 Å². The lowest BCUT2D eigenvalue weighted by Gasteiger charge is -2.28. The molecule has 1 saturated heterocycles. The van der Waals surface area contributed by atoms with Gasteiger partial charge in [0.2, 0.25) is 0 Å². The average Bonchev–Trinajstić information content (AvgIpc) is 2.82. The fraction of sp³-hybridized carbons (Fsp3) is 0.600. The van der Waals surface area contributed by atoms with Crippen LogP contribution in [0.3, 0.4) is 0 Å². The molecule has 2 heterocycles. The van der Waals surface area contributed by atoms with Gasteiger partial charge in [-0.05, 0) is 24.5 Å². The van der Waals surface area contributed by atoms with Crippen molar-refractivity contribution in [1.29, 1.82) is 5.26 Å². The molecule has 0 unspecified atom stereocenters. The van der Waals surface area contributed by atoms with Gasteiger partial charge < -0.3 is 0 Å². The van der Waals surface area contributed by atoms with Crippen molar-refractivity contribution in [3.05, 3.63) is 30.1 Å². The maximum absolute atomic E-state index is 12.9. The minimum atomic E-state index is -3.53. The highest BCUT2D eigenvalue weighted by Gasteiger charge is 2.29. The van der Waals surface area contributed by atoms with Gasteiger partial charge in [0.25, 0.3) is 10.2 Å². The fourth-order valence-corrected chi connectivity index (χ4v) is 4.26. The second-order valence-corrected chi connectivity index (χ2v) is 7.35. The smallest absolute Gasteiger partial charge is 0.264 e. The van der Waals surface area contributed by atoms with Gasteiger partial charge in [0.15, 0.2) is 0 Å². The predicted molar refractivity (Wildman–Crippen MR) is 83.8 cm³/mol. The Balaban J connectivity index is 2.17. The summed E-state index contributed by atoms with van der Waals surface area (Å²) < 4.78 is 28.7. The van der Waals surface area contributed by atoms with Crippen molar-refractivity contribution in [2.45, 2.75) is 38.6 Å². The molecule has 0 spiro atoms. The van der Waals surface area contributed by atoms with E-state index in [9.17, 15) is 8.42 Å². The van der Waals surface area contributed by atoms with E-state index in [-0.39, 0.29) is 19.5 Å². The summed E-state index contributed by atoms with van der Waals surface area (Å²) in [4.78, 5) is 4.03. The molecule has 0 atom stereocenters. The minimum Gasteiger partial charge on any atom is -0.264 e. The van der Waals surface area contributed by atoms with E-state index in [1.165, 1.54) is 4.31 Å². The second kappa shape index (κ2) is 8.22. The van der Waals surface area contributed by atoms with Crippen LogP contribution in [0.4, 0.5) is 0 Å². The Labute approximate surface area is 132 Å². The highest BCUT2D eigenvalue weighted by atomic mass is 32.2. The van der Waals surface area contributed by atoms with Crippen molar-refractivity contribution in [2.75, 3.05) is 19.6 Å². The highest BCUT2D eigenvalue weighted by Crippen LogP contribution is 2.18. The molecule has 1 aliphatic rings. The van der Waals surface area contributed by atoms with Crippen LogP contribution in [-0.2, 0) is 16.8 Å². The van der Waals surface area contributed by atoms with Crippen LogP contribution in [0.15, 0.2) is 24.5 Å². The summed E-state index contributed by atoms with van der Waals surface area (Å²) in [5.74, 6) is 0. The molecule has 1 fully saturated rings. The van der Waals surface area contributed by atoms with Gasteiger partial charge in [-0.25, -0.2) is 0 Å². The zero-order valence-electron chi connectivity index (χ0n) is 12.7. The molecule has 0 saturated carbocycles. The maximum Gasteiger partial charge on any atom is 0.282 e. The lowest BCUT2D eigenvalue weighted by molar-refractivity contribution is 0.339. The van der Waals surface area contributed by atoms with Crippen molar-refractivity contribution in [3.8, 4) is 6.07 Å². The fourth-order valence-electron chi connectivity index (χ4n) is 2.58. The number of aromatic nitrogens is 1. The first-order chi connectivity index (χ1) is 10.6. The van der Waals surface area contributed by atoms with Crippen LogP contribution in [0.25, 0.3) is 0 Å². The van der Waals surface area contributed by atoms with Crippen molar-refractivity contribution in [1.82, 2.24) is 13.6 Å². The van der Waals surface area contributed by atoms with E-state index in [0.29, 0.717) is 13.1 Å². The number of hydrogen-bond acceptors (Lipinski definition) is 4. The molecule has 6 nitrogen and oxygen atoms in total. The Morgan fingerprint density at radius 3 is 2.59 bits per heavy atom. The van der Waals surface area contributed by atoms with Crippen molar-refractivity contribution in [3.63, 3.8) is 0 Å². The summed E-state index contributed by atoms with van der Waals surface area (Å²) >= 11 is 0. The molecule has 22 heavy (non-hydrogen) atoms. The molecule has 0 bridgehead atoms. The molecule has 120 valence electrons. The zero-order valence-corrected chi connectivity index (χ0v) is 13.5. The normalized spacial score (nSPS) is 17.1. The van der Waals surface area contributed by atoms with Crippen LogP contribution in [-0.4, -0.2) is 41.6 Å². The number of nitriles is 1. The second-order valence-electron chi connectivity index (χ2n) is 5.42. The number of hydrogen-bond donors (Lipinski definition) is 0. The van der Waals surface area contributed by atoms with E-state index in [0.717, 1.165) is 31.2 Å². The predicted octanol–water partition coefficient (Wildman–Crippen LogP) is 1.92. The monoisotopic (exact) mass is 322 g/mol. The van der Waals surface area contributed by atoms with Gasteiger partial charge >= 0.3 is 0 Å². The zero-order chi connectivity index (χ0) is 15.8. The van der Waals surface area contributed by atoms with E-state index in [4.69, 9.17) is 5.26 Å². The third kappa shape index (κ3) is 4.50. The standard InChI is InChI=1S/C15H22N4O2S/c16-8-6-12-19(14-15-7-5-9-17-13-15)22(20,21)18-10-3-1-2-4-11-18/h5,7,9,13H,1-4,6,10-12,14H2. The van der Waals surface area contributed by atoms with Crippen LogP contribution in [0.5, 0.6) is 0 Å². The molecule has 1 aromatic rings. The molecule has 1 aromatic heterocycles. The molecule has 0 radical (unpaired) electrons. The largest absolute Gasteiger partial charge is 0.282 e. The van der Waals surface area contributed by atoms with Crippen molar-refractivity contribution in [2.24, 2.45) is 0 Å². The van der Waals surface area contributed by atoms with Gasteiger partial charge in [0.05, 0.1) is 6.07 Å². The summed E-state index contributed by atoms with van der Waals surface area (Å²) in [6.45, 7) is 1.61. The number of pyridine rings is 1. The van der Waals surface area contributed by atoms with Gasteiger partial charge in [-0.2, -0.15) is 22.3 Å². The molecule has 0 N–H and O–H groups in total. The topological polar surface area (TPSA) is 77.3 Å². The summed E-state index contributed by atoms with van der Waals surface area (Å²) in [6.07, 6.45) is 7.47. The Kier molecular flexibility index (Phi) is 6.31. The van der Waals surface area contributed by atoms with E-state index < -0.39 is 10.2 Å². The van der Waals surface area contributed by atoms with E-state index in [1.54, 1.807) is 22.8 Å². The summed E-state index contributed by atoms with van der Waals surface area (Å²) in [5, 5.41) is 8.80. The summed E-state index contributed by atoms with van der Waals surface area (Å²) in [6, 6.07) is 5.67. The first-order valence-corrected chi connectivity index (χ1v) is 9.05. The van der Waals surface area contributed by atoms with Gasteiger partial charge in [0, 0.05) is 45.0 Å². The molecule has 0 aliphatic carbocycles. The lowest BCUT2D eigenvalue weighted by Crippen LogP contribution is -2.44.